The summed E-state index contributed by atoms with van der Waals surface area (Å²) >= 11 is 0. The van der Waals surface area contributed by atoms with Crippen LogP contribution in [0.25, 0.3) is 0 Å². The van der Waals surface area contributed by atoms with Gasteiger partial charge in [0.25, 0.3) is 0 Å². The monoisotopic (exact) mass is 496 g/mol. The number of ether oxygens (including phenoxy) is 2. The minimum atomic E-state index is -0.621. The van der Waals surface area contributed by atoms with Gasteiger partial charge >= 0.3 is 11.9 Å². The van der Waals surface area contributed by atoms with Crippen molar-refractivity contribution in [1.82, 2.24) is 0 Å². The van der Waals surface area contributed by atoms with Crippen LogP contribution in [0.4, 0.5) is 0 Å². The molecule has 4 heteroatoms. The predicted molar refractivity (Wildman–Crippen MR) is 148 cm³/mol. The van der Waals surface area contributed by atoms with E-state index >= 15 is 0 Å². The molecule has 1 fully saturated rings. The van der Waals surface area contributed by atoms with E-state index in [0.717, 1.165) is 11.5 Å². The number of esters is 2. The molecule has 200 valence electrons. The highest BCUT2D eigenvalue weighted by atomic mass is 16.5. The molecule has 1 aliphatic carbocycles. The fraction of sp³-hybridized carbons (Fsp3) is 0.625. The number of carbonyl (C=O) groups excluding carboxylic acids is 2. The summed E-state index contributed by atoms with van der Waals surface area (Å²) in [6.07, 6.45) is 14.0. The average molecular weight is 497 g/mol. The number of rotatable bonds is 15. The van der Waals surface area contributed by atoms with Crippen LogP contribution in [0, 0.1) is 5.92 Å². The van der Waals surface area contributed by atoms with E-state index in [4.69, 9.17) is 9.47 Å². The van der Waals surface area contributed by atoms with Gasteiger partial charge in [-0.2, -0.15) is 0 Å². The van der Waals surface area contributed by atoms with Crippen molar-refractivity contribution in [2.45, 2.75) is 110 Å². The van der Waals surface area contributed by atoms with Gasteiger partial charge in [0.15, 0.2) is 0 Å². The van der Waals surface area contributed by atoms with Crippen molar-refractivity contribution >= 4 is 11.9 Å². The molecule has 1 saturated carbocycles. The standard InChI is InChI=1S/C32H48O4/c1-7-9-10-11-12-13-26-14-16-27(17-15-26)28-18-20-29(21-19-28)32(8-2,22-35-30(33)24(3)4)23-36-31(34)25(5)6/h18-21,26-27H,3,5,7-17,22-23H2,1-2,4,6H3. The molecule has 0 radical (unpaired) electrons. The molecule has 0 heterocycles. The van der Waals surface area contributed by atoms with Crippen LogP contribution < -0.4 is 0 Å². The van der Waals surface area contributed by atoms with Crippen LogP contribution in [-0.2, 0) is 24.5 Å². The van der Waals surface area contributed by atoms with Gasteiger partial charge in [-0.3, -0.25) is 0 Å². The SMILES string of the molecule is C=C(C)C(=O)OCC(CC)(COC(=O)C(=C)C)c1ccc(C2CCC(CCCCCCC)CC2)cc1. The van der Waals surface area contributed by atoms with Gasteiger partial charge in [0.1, 0.15) is 13.2 Å². The Labute approximate surface area is 219 Å². The highest BCUT2D eigenvalue weighted by Crippen LogP contribution is 2.39. The highest BCUT2D eigenvalue weighted by Gasteiger charge is 2.35. The Hall–Kier alpha value is -2.36. The van der Waals surface area contributed by atoms with Crippen LogP contribution in [0.1, 0.15) is 115 Å². The summed E-state index contributed by atoms with van der Waals surface area (Å²) in [7, 11) is 0. The summed E-state index contributed by atoms with van der Waals surface area (Å²) in [4.78, 5) is 24.3. The summed E-state index contributed by atoms with van der Waals surface area (Å²) in [6, 6.07) is 8.69. The van der Waals surface area contributed by atoms with Crippen LogP contribution in [0.5, 0.6) is 0 Å². The van der Waals surface area contributed by atoms with E-state index in [-0.39, 0.29) is 13.2 Å². The number of hydrogen-bond donors (Lipinski definition) is 0. The molecule has 0 amide bonds. The molecule has 1 aliphatic rings. The molecule has 4 nitrogen and oxygen atoms in total. The number of hydrogen-bond acceptors (Lipinski definition) is 4. The summed E-state index contributed by atoms with van der Waals surface area (Å²) in [5.74, 6) is 0.630. The first-order chi connectivity index (χ1) is 17.2. The van der Waals surface area contributed by atoms with Crippen molar-refractivity contribution in [3.8, 4) is 0 Å². The third kappa shape index (κ3) is 8.94. The second kappa shape index (κ2) is 15.0. The molecule has 1 aromatic carbocycles. The number of carbonyl (C=O) groups is 2. The second-order valence-electron chi connectivity index (χ2n) is 10.9. The molecule has 0 N–H and O–H groups in total. The zero-order chi connectivity index (χ0) is 26.6. The largest absolute Gasteiger partial charge is 0.461 e. The van der Waals surface area contributed by atoms with Gasteiger partial charge in [-0.15, -0.1) is 0 Å². The lowest BCUT2D eigenvalue weighted by Gasteiger charge is -2.33. The molecule has 0 bridgehead atoms. The van der Waals surface area contributed by atoms with Gasteiger partial charge in [-0.25, -0.2) is 9.59 Å². The van der Waals surface area contributed by atoms with Crippen LogP contribution >= 0.6 is 0 Å². The lowest BCUT2D eigenvalue weighted by atomic mass is 9.75. The van der Waals surface area contributed by atoms with Gasteiger partial charge in [0.05, 0.1) is 5.41 Å². The van der Waals surface area contributed by atoms with Crippen LogP contribution in [0.15, 0.2) is 48.6 Å². The second-order valence-corrected chi connectivity index (χ2v) is 10.9. The summed E-state index contributed by atoms with van der Waals surface area (Å²) in [5.41, 5.74) is 2.47. The maximum absolute atomic E-state index is 12.1. The van der Waals surface area contributed by atoms with Gasteiger partial charge in [-0.05, 0) is 68.9 Å². The first-order valence-corrected chi connectivity index (χ1v) is 14.0. The zero-order valence-corrected chi connectivity index (χ0v) is 23.2. The van der Waals surface area contributed by atoms with E-state index in [1.54, 1.807) is 13.8 Å². The Bertz CT molecular complexity index is 829. The van der Waals surface area contributed by atoms with Crippen molar-refractivity contribution in [3.05, 3.63) is 59.7 Å². The van der Waals surface area contributed by atoms with Gasteiger partial charge in [0.2, 0.25) is 0 Å². The quantitative estimate of drug-likeness (QED) is 0.139. The van der Waals surface area contributed by atoms with Crippen LogP contribution in [0.2, 0.25) is 0 Å². The molecule has 2 rings (SSSR count). The fourth-order valence-corrected chi connectivity index (χ4v) is 5.20. The molecule has 0 atom stereocenters. The maximum Gasteiger partial charge on any atom is 0.333 e. The first kappa shape index (κ1) is 29.9. The van der Waals surface area contributed by atoms with Crippen molar-refractivity contribution in [2.24, 2.45) is 5.92 Å². The summed E-state index contributed by atoms with van der Waals surface area (Å²) < 4.78 is 11.1. The van der Waals surface area contributed by atoms with Crippen molar-refractivity contribution in [1.29, 1.82) is 0 Å². The number of benzene rings is 1. The Morgan fingerprint density at radius 1 is 0.833 bits per heavy atom. The average Bonchev–Trinajstić information content (AvgIpc) is 2.89. The molecule has 0 aliphatic heterocycles. The van der Waals surface area contributed by atoms with Crippen molar-refractivity contribution in [2.75, 3.05) is 13.2 Å². The molecule has 0 spiro atoms. The number of unbranched alkanes of at least 4 members (excludes halogenated alkanes) is 4. The van der Waals surface area contributed by atoms with Gasteiger partial charge in [-0.1, -0.05) is 89.8 Å². The molecule has 36 heavy (non-hydrogen) atoms. The van der Waals surface area contributed by atoms with Crippen LogP contribution in [0.3, 0.4) is 0 Å². The Morgan fingerprint density at radius 2 is 1.36 bits per heavy atom. The highest BCUT2D eigenvalue weighted by molar-refractivity contribution is 5.87. The molecular formula is C32H48O4. The van der Waals surface area contributed by atoms with Crippen molar-refractivity contribution < 1.29 is 19.1 Å². The van der Waals surface area contributed by atoms with E-state index < -0.39 is 17.4 Å². The maximum atomic E-state index is 12.1. The third-order valence-electron chi connectivity index (χ3n) is 7.89. The van der Waals surface area contributed by atoms with E-state index in [1.807, 2.05) is 6.92 Å². The Balaban J connectivity index is 2.05. The predicted octanol–water partition coefficient (Wildman–Crippen LogP) is 8.21. The van der Waals surface area contributed by atoms with Gasteiger partial charge < -0.3 is 9.47 Å². The van der Waals surface area contributed by atoms with E-state index in [2.05, 4.69) is 44.3 Å². The lowest BCUT2D eigenvalue weighted by Crippen LogP contribution is -2.38. The van der Waals surface area contributed by atoms with Gasteiger partial charge in [0, 0.05) is 11.1 Å². The molecule has 0 saturated heterocycles. The lowest BCUT2D eigenvalue weighted by molar-refractivity contribution is -0.145. The minimum absolute atomic E-state index is 0.126. The van der Waals surface area contributed by atoms with Crippen LogP contribution in [-0.4, -0.2) is 25.2 Å². The Morgan fingerprint density at radius 3 is 1.83 bits per heavy atom. The summed E-state index contributed by atoms with van der Waals surface area (Å²) in [6.45, 7) is 15.2. The normalized spacial score (nSPS) is 17.9. The van der Waals surface area contributed by atoms with E-state index in [9.17, 15) is 9.59 Å². The minimum Gasteiger partial charge on any atom is -0.461 e. The zero-order valence-electron chi connectivity index (χ0n) is 23.2. The van der Waals surface area contributed by atoms with E-state index in [0.29, 0.717) is 23.5 Å². The Kier molecular flexibility index (Phi) is 12.5. The molecular weight excluding hydrogens is 448 g/mol. The molecule has 1 aromatic rings. The van der Waals surface area contributed by atoms with E-state index in [1.165, 1.54) is 69.8 Å². The third-order valence-corrected chi connectivity index (χ3v) is 7.89. The molecule has 0 unspecified atom stereocenters. The van der Waals surface area contributed by atoms with Crippen molar-refractivity contribution in [3.63, 3.8) is 0 Å². The fourth-order valence-electron chi connectivity index (χ4n) is 5.20. The topological polar surface area (TPSA) is 52.6 Å². The smallest absolute Gasteiger partial charge is 0.333 e. The summed E-state index contributed by atoms with van der Waals surface area (Å²) in [5, 5.41) is 0. The molecule has 0 aromatic heterocycles. The first-order valence-electron chi connectivity index (χ1n) is 14.0.